The highest BCUT2D eigenvalue weighted by Gasteiger charge is 2.03. The molecule has 0 spiro atoms. The Balaban J connectivity index is 1.66. The number of aromatic nitrogens is 2. The second kappa shape index (κ2) is 6.58. The number of carbonyl (C=O) groups is 1. The third-order valence-corrected chi connectivity index (χ3v) is 2.72. The standard InChI is InChI=1S/C14H17N3O2/c1-12-15-9-11-17(12)10-5-8-16-14(18)19-13-6-3-2-4-7-13/h2-4,6-7,9,11H,5,8,10H2,1H3,(H,16,18). The first-order valence-corrected chi connectivity index (χ1v) is 6.24. The van der Waals surface area contributed by atoms with Crippen molar-refractivity contribution in [3.63, 3.8) is 0 Å². The van der Waals surface area contributed by atoms with Crippen molar-refractivity contribution < 1.29 is 9.53 Å². The minimum absolute atomic E-state index is 0.423. The number of para-hydroxylation sites is 1. The van der Waals surface area contributed by atoms with Crippen LogP contribution in [0.1, 0.15) is 12.2 Å². The van der Waals surface area contributed by atoms with E-state index in [1.54, 1.807) is 18.3 Å². The molecule has 1 N–H and O–H groups in total. The van der Waals surface area contributed by atoms with Crippen LogP contribution < -0.4 is 10.1 Å². The number of nitrogens with one attached hydrogen (secondary N) is 1. The molecule has 0 aliphatic carbocycles. The lowest BCUT2D eigenvalue weighted by molar-refractivity contribution is 0.200. The Morgan fingerprint density at radius 3 is 2.84 bits per heavy atom. The van der Waals surface area contributed by atoms with E-state index in [0.717, 1.165) is 18.8 Å². The molecule has 100 valence electrons. The molecule has 0 aliphatic heterocycles. The maximum absolute atomic E-state index is 11.5. The van der Waals surface area contributed by atoms with Gasteiger partial charge in [-0.25, -0.2) is 9.78 Å². The number of amides is 1. The molecule has 5 nitrogen and oxygen atoms in total. The lowest BCUT2D eigenvalue weighted by Gasteiger charge is -2.07. The van der Waals surface area contributed by atoms with Crippen LogP contribution in [0.2, 0.25) is 0 Å². The number of hydrogen-bond acceptors (Lipinski definition) is 3. The molecule has 0 saturated carbocycles. The molecule has 0 unspecified atom stereocenters. The van der Waals surface area contributed by atoms with Crippen molar-refractivity contribution in [3.05, 3.63) is 48.5 Å². The molecule has 1 amide bonds. The van der Waals surface area contributed by atoms with Crippen molar-refractivity contribution >= 4 is 6.09 Å². The molecule has 0 fully saturated rings. The van der Waals surface area contributed by atoms with Crippen LogP contribution >= 0.6 is 0 Å². The topological polar surface area (TPSA) is 56.2 Å². The van der Waals surface area contributed by atoms with Gasteiger partial charge in [0.2, 0.25) is 0 Å². The molecular weight excluding hydrogens is 242 g/mol. The predicted octanol–water partition coefficient (Wildman–Crippen LogP) is 2.37. The normalized spacial score (nSPS) is 10.2. The SMILES string of the molecule is Cc1nccn1CCCNC(=O)Oc1ccccc1. The Labute approximate surface area is 112 Å². The van der Waals surface area contributed by atoms with E-state index in [1.807, 2.05) is 35.9 Å². The Morgan fingerprint density at radius 2 is 2.16 bits per heavy atom. The first-order chi connectivity index (χ1) is 9.25. The second-order valence-corrected chi connectivity index (χ2v) is 4.15. The summed E-state index contributed by atoms with van der Waals surface area (Å²) in [5.74, 6) is 1.53. The van der Waals surface area contributed by atoms with E-state index in [-0.39, 0.29) is 0 Å². The van der Waals surface area contributed by atoms with Gasteiger partial charge in [0.15, 0.2) is 0 Å². The van der Waals surface area contributed by atoms with E-state index < -0.39 is 6.09 Å². The molecule has 0 saturated heterocycles. The summed E-state index contributed by atoms with van der Waals surface area (Å²) in [5, 5.41) is 2.72. The zero-order chi connectivity index (χ0) is 13.5. The Hall–Kier alpha value is -2.30. The minimum atomic E-state index is -0.423. The maximum Gasteiger partial charge on any atom is 0.412 e. The summed E-state index contributed by atoms with van der Waals surface area (Å²) in [6.07, 6.45) is 4.11. The van der Waals surface area contributed by atoms with Crippen molar-refractivity contribution in [2.75, 3.05) is 6.54 Å². The summed E-state index contributed by atoms with van der Waals surface area (Å²) in [6, 6.07) is 9.01. The number of ether oxygens (including phenoxy) is 1. The fourth-order valence-electron chi connectivity index (χ4n) is 1.71. The molecule has 2 rings (SSSR count). The number of carbonyl (C=O) groups excluding carboxylic acids is 1. The molecule has 0 aliphatic rings. The fourth-order valence-corrected chi connectivity index (χ4v) is 1.71. The Morgan fingerprint density at radius 1 is 1.37 bits per heavy atom. The van der Waals surface area contributed by atoms with Crippen LogP contribution in [0.3, 0.4) is 0 Å². The van der Waals surface area contributed by atoms with E-state index in [4.69, 9.17) is 4.74 Å². The lowest BCUT2D eigenvalue weighted by atomic mass is 10.3. The van der Waals surface area contributed by atoms with Crippen LogP contribution in [0.5, 0.6) is 5.75 Å². The number of nitrogens with zero attached hydrogens (tertiary/aromatic N) is 2. The van der Waals surface area contributed by atoms with E-state index in [0.29, 0.717) is 12.3 Å². The van der Waals surface area contributed by atoms with Gasteiger partial charge in [0, 0.05) is 25.5 Å². The number of imidazole rings is 1. The molecular formula is C14H17N3O2. The molecule has 1 aromatic carbocycles. The van der Waals surface area contributed by atoms with E-state index in [9.17, 15) is 4.79 Å². The zero-order valence-electron chi connectivity index (χ0n) is 10.9. The van der Waals surface area contributed by atoms with Gasteiger partial charge in [0.25, 0.3) is 0 Å². The largest absolute Gasteiger partial charge is 0.412 e. The molecule has 0 radical (unpaired) electrons. The van der Waals surface area contributed by atoms with Gasteiger partial charge in [-0.2, -0.15) is 0 Å². The molecule has 5 heteroatoms. The quantitative estimate of drug-likeness (QED) is 0.839. The predicted molar refractivity (Wildman–Crippen MR) is 72.0 cm³/mol. The smallest absolute Gasteiger partial charge is 0.410 e. The van der Waals surface area contributed by atoms with Gasteiger partial charge in [-0.1, -0.05) is 18.2 Å². The van der Waals surface area contributed by atoms with Crippen molar-refractivity contribution in [3.8, 4) is 5.75 Å². The first kappa shape index (κ1) is 13.1. The van der Waals surface area contributed by atoms with Gasteiger partial charge in [-0.3, -0.25) is 0 Å². The van der Waals surface area contributed by atoms with Gasteiger partial charge in [-0.05, 0) is 25.5 Å². The first-order valence-electron chi connectivity index (χ1n) is 6.24. The number of benzene rings is 1. The third kappa shape index (κ3) is 4.13. The molecule has 1 heterocycles. The number of aryl methyl sites for hydroxylation is 2. The summed E-state index contributed by atoms with van der Waals surface area (Å²) in [4.78, 5) is 15.6. The Bertz CT molecular complexity index is 522. The van der Waals surface area contributed by atoms with Gasteiger partial charge in [0.05, 0.1) is 0 Å². The van der Waals surface area contributed by atoms with Crippen molar-refractivity contribution in [1.29, 1.82) is 0 Å². The van der Waals surface area contributed by atoms with Crippen molar-refractivity contribution in [2.45, 2.75) is 19.9 Å². The molecule has 19 heavy (non-hydrogen) atoms. The minimum Gasteiger partial charge on any atom is -0.410 e. The van der Waals surface area contributed by atoms with E-state index >= 15 is 0 Å². The summed E-state index contributed by atoms with van der Waals surface area (Å²) in [6.45, 7) is 3.36. The van der Waals surface area contributed by atoms with Gasteiger partial charge in [0.1, 0.15) is 11.6 Å². The maximum atomic E-state index is 11.5. The van der Waals surface area contributed by atoms with Crippen LogP contribution in [0, 0.1) is 6.92 Å². The average molecular weight is 259 g/mol. The highest BCUT2D eigenvalue weighted by atomic mass is 16.5. The summed E-state index contributed by atoms with van der Waals surface area (Å²) in [5.41, 5.74) is 0. The molecule has 1 aromatic heterocycles. The number of rotatable bonds is 5. The van der Waals surface area contributed by atoms with Gasteiger partial charge < -0.3 is 14.6 Å². The van der Waals surface area contributed by atoms with Crippen LogP contribution in [-0.4, -0.2) is 22.2 Å². The van der Waals surface area contributed by atoms with Crippen molar-refractivity contribution in [1.82, 2.24) is 14.9 Å². The summed E-state index contributed by atoms with van der Waals surface area (Å²) < 4.78 is 7.15. The molecule has 0 atom stereocenters. The van der Waals surface area contributed by atoms with E-state index in [1.165, 1.54) is 0 Å². The van der Waals surface area contributed by atoms with Crippen LogP contribution in [0.25, 0.3) is 0 Å². The fraction of sp³-hybridized carbons (Fsp3) is 0.286. The second-order valence-electron chi connectivity index (χ2n) is 4.15. The van der Waals surface area contributed by atoms with Crippen LogP contribution in [-0.2, 0) is 6.54 Å². The van der Waals surface area contributed by atoms with Crippen molar-refractivity contribution in [2.24, 2.45) is 0 Å². The van der Waals surface area contributed by atoms with Gasteiger partial charge >= 0.3 is 6.09 Å². The van der Waals surface area contributed by atoms with E-state index in [2.05, 4.69) is 10.3 Å². The number of hydrogen-bond donors (Lipinski definition) is 1. The lowest BCUT2D eigenvalue weighted by Crippen LogP contribution is -2.28. The summed E-state index contributed by atoms with van der Waals surface area (Å²) in [7, 11) is 0. The zero-order valence-corrected chi connectivity index (χ0v) is 10.9. The highest BCUT2D eigenvalue weighted by Crippen LogP contribution is 2.08. The van der Waals surface area contributed by atoms with Gasteiger partial charge in [-0.15, -0.1) is 0 Å². The summed E-state index contributed by atoms with van der Waals surface area (Å²) >= 11 is 0. The average Bonchev–Trinajstić information content (AvgIpc) is 2.81. The highest BCUT2D eigenvalue weighted by molar-refractivity contribution is 5.70. The molecule has 2 aromatic rings. The third-order valence-electron chi connectivity index (χ3n) is 2.72. The Kier molecular flexibility index (Phi) is 4.55. The van der Waals surface area contributed by atoms with Crippen LogP contribution in [0.4, 0.5) is 4.79 Å². The van der Waals surface area contributed by atoms with Crippen LogP contribution in [0.15, 0.2) is 42.7 Å². The monoisotopic (exact) mass is 259 g/mol. The molecule has 0 bridgehead atoms.